The summed E-state index contributed by atoms with van der Waals surface area (Å²) in [4.78, 5) is 5.57. The number of pyridine rings is 1. The average molecular weight is 363 g/mol. The Hall–Kier alpha value is -2.41. The van der Waals surface area contributed by atoms with Gasteiger partial charge in [-0.1, -0.05) is 0 Å². The number of aromatic nitrogens is 1. The summed E-state index contributed by atoms with van der Waals surface area (Å²) in [6.07, 6.45) is 1.42. The van der Waals surface area contributed by atoms with Crippen LogP contribution in [0.3, 0.4) is 0 Å². The number of hydrogen-bond donors (Lipinski definition) is 0. The summed E-state index contributed by atoms with van der Waals surface area (Å²) in [7, 11) is 0. The van der Waals surface area contributed by atoms with Gasteiger partial charge in [-0.05, 0) is 54.5 Å². The van der Waals surface area contributed by atoms with Crippen LogP contribution in [0.5, 0.6) is 5.75 Å². The largest absolute Gasteiger partial charge is 0.573 e. The van der Waals surface area contributed by atoms with E-state index >= 15 is 0 Å². The smallest absolute Gasteiger partial charge is 0.465 e. The van der Waals surface area contributed by atoms with Crippen LogP contribution in [0.4, 0.5) is 13.2 Å². The van der Waals surface area contributed by atoms with E-state index in [1.807, 2.05) is 18.2 Å². The Morgan fingerprint density at radius 3 is 2.84 bits per heavy atom. The Kier molecular flexibility index (Phi) is 3.95. The highest BCUT2D eigenvalue weighted by molar-refractivity contribution is 7.99. The zero-order valence-electron chi connectivity index (χ0n) is 12.8. The molecular weight excluding hydrogens is 351 g/mol. The maximum absolute atomic E-state index is 12.5. The van der Waals surface area contributed by atoms with Crippen LogP contribution in [0, 0.1) is 0 Å². The molecule has 0 spiro atoms. The van der Waals surface area contributed by atoms with E-state index in [-0.39, 0.29) is 5.75 Å². The van der Waals surface area contributed by atoms with E-state index in [9.17, 15) is 13.2 Å². The van der Waals surface area contributed by atoms with Crippen molar-refractivity contribution in [3.05, 3.63) is 53.6 Å². The fourth-order valence-corrected chi connectivity index (χ4v) is 4.02. The second kappa shape index (κ2) is 6.15. The molecule has 7 heteroatoms. The normalized spacial score (nSPS) is 14.4. The molecule has 0 aliphatic carbocycles. The highest BCUT2D eigenvalue weighted by Gasteiger charge is 2.31. The number of furan rings is 1. The number of hydrogen-bond acceptors (Lipinski definition) is 4. The quantitative estimate of drug-likeness (QED) is 0.612. The first-order chi connectivity index (χ1) is 12.0. The molecule has 4 rings (SSSR count). The van der Waals surface area contributed by atoms with Crippen molar-refractivity contribution in [3.8, 4) is 5.75 Å². The van der Waals surface area contributed by atoms with Crippen LogP contribution >= 0.6 is 11.8 Å². The third kappa shape index (κ3) is 3.37. The van der Waals surface area contributed by atoms with Crippen molar-refractivity contribution in [2.75, 3.05) is 5.75 Å². The van der Waals surface area contributed by atoms with Crippen LogP contribution in [0.1, 0.15) is 17.0 Å². The first kappa shape index (κ1) is 16.1. The van der Waals surface area contributed by atoms with Gasteiger partial charge in [0.05, 0.1) is 17.5 Å². The van der Waals surface area contributed by atoms with E-state index in [1.54, 1.807) is 30.2 Å². The lowest BCUT2D eigenvalue weighted by Crippen LogP contribution is -2.17. The second-order valence-electron chi connectivity index (χ2n) is 5.48. The molecule has 1 aliphatic rings. The molecule has 0 N–H and O–H groups in total. The van der Waals surface area contributed by atoms with Gasteiger partial charge < -0.3 is 9.15 Å². The SMILES string of the molecule is FC(F)(F)Oc1ccc2nc(C=Cc3ccco3)c3c(c2c1)SCC3. The zero-order valence-corrected chi connectivity index (χ0v) is 13.7. The molecule has 0 saturated heterocycles. The summed E-state index contributed by atoms with van der Waals surface area (Å²) in [5, 5.41) is 0.689. The van der Waals surface area contributed by atoms with Gasteiger partial charge in [-0.15, -0.1) is 24.9 Å². The van der Waals surface area contributed by atoms with Crippen molar-refractivity contribution in [2.24, 2.45) is 0 Å². The predicted octanol–water partition coefficient (Wildman–Crippen LogP) is 5.55. The minimum atomic E-state index is -4.71. The fourth-order valence-electron chi connectivity index (χ4n) is 2.81. The average Bonchev–Trinajstić information content (AvgIpc) is 3.23. The number of nitrogens with zero attached hydrogens (tertiary/aromatic N) is 1. The molecule has 0 amide bonds. The molecule has 128 valence electrons. The van der Waals surface area contributed by atoms with E-state index in [4.69, 9.17) is 4.42 Å². The van der Waals surface area contributed by atoms with Crippen molar-refractivity contribution in [1.29, 1.82) is 0 Å². The van der Waals surface area contributed by atoms with E-state index in [0.29, 0.717) is 10.9 Å². The summed E-state index contributed by atoms with van der Waals surface area (Å²) in [6.45, 7) is 0. The molecule has 1 aromatic carbocycles. The van der Waals surface area contributed by atoms with E-state index < -0.39 is 6.36 Å². The predicted molar refractivity (Wildman–Crippen MR) is 90.5 cm³/mol. The summed E-state index contributed by atoms with van der Waals surface area (Å²) >= 11 is 1.63. The van der Waals surface area contributed by atoms with Gasteiger partial charge in [-0.2, -0.15) is 0 Å². The lowest BCUT2D eigenvalue weighted by Gasteiger charge is -2.12. The molecule has 0 radical (unpaired) electrons. The van der Waals surface area contributed by atoms with Crippen molar-refractivity contribution in [2.45, 2.75) is 17.7 Å². The highest BCUT2D eigenvalue weighted by Crippen LogP contribution is 2.40. The summed E-state index contributed by atoms with van der Waals surface area (Å²) in [5.74, 6) is 1.37. The first-order valence-corrected chi connectivity index (χ1v) is 8.55. The molecule has 3 heterocycles. The molecule has 0 atom stereocenters. The Morgan fingerprint density at radius 2 is 2.08 bits per heavy atom. The van der Waals surface area contributed by atoms with Gasteiger partial charge in [0.25, 0.3) is 0 Å². The fraction of sp³-hybridized carbons (Fsp3) is 0.167. The molecule has 3 aromatic rings. The van der Waals surface area contributed by atoms with Crippen molar-refractivity contribution >= 4 is 34.8 Å². The van der Waals surface area contributed by atoms with Crippen LogP contribution in [0.25, 0.3) is 23.1 Å². The van der Waals surface area contributed by atoms with Crippen LogP contribution in [0.15, 0.2) is 45.9 Å². The Labute approximate surface area is 145 Å². The number of thioether (sulfide) groups is 1. The molecule has 3 nitrogen and oxygen atoms in total. The standard InChI is InChI=1S/C18H12F3NO2S/c19-18(20,21)24-12-4-6-16-14(10-12)17-13(7-9-25-17)15(22-16)5-3-11-2-1-8-23-11/h1-6,8,10H,7,9H2. The molecular formula is C18H12F3NO2S. The van der Waals surface area contributed by atoms with Crippen LogP contribution < -0.4 is 4.74 Å². The molecule has 0 fully saturated rings. The number of benzene rings is 1. The van der Waals surface area contributed by atoms with Gasteiger partial charge in [-0.3, -0.25) is 0 Å². The minimum Gasteiger partial charge on any atom is -0.465 e. The van der Waals surface area contributed by atoms with Gasteiger partial charge in [0.1, 0.15) is 11.5 Å². The second-order valence-corrected chi connectivity index (χ2v) is 6.58. The molecule has 0 bridgehead atoms. The molecule has 1 aliphatic heterocycles. The number of rotatable bonds is 3. The monoisotopic (exact) mass is 363 g/mol. The van der Waals surface area contributed by atoms with E-state index in [2.05, 4.69) is 9.72 Å². The van der Waals surface area contributed by atoms with Crippen molar-refractivity contribution in [3.63, 3.8) is 0 Å². The zero-order chi connectivity index (χ0) is 17.4. The lowest BCUT2D eigenvalue weighted by molar-refractivity contribution is -0.274. The van der Waals surface area contributed by atoms with Crippen molar-refractivity contribution in [1.82, 2.24) is 4.98 Å². The van der Waals surface area contributed by atoms with Gasteiger partial charge >= 0.3 is 6.36 Å². The summed E-state index contributed by atoms with van der Waals surface area (Å²) < 4.78 is 46.7. The third-order valence-electron chi connectivity index (χ3n) is 3.82. The van der Waals surface area contributed by atoms with Crippen LogP contribution in [0.2, 0.25) is 0 Å². The number of fused-ring (bicyclic) bond motifs is 3. The number of halogens is 3. The van der Waals surface area contributed by atoms with Gasteiger partial charge in [0.2, 0.25) is 0 Å². The van der Waals surface area contributed by atoms with Crippen molar-refractivity contribution < 1.29 is 22.3 Å². The topological polar surface area (TPSA) is 35.3 Å². The Bertz CT molecular complexity index is 949. The number of ether oxygens (including phenoxy) is 1. The summed E-state index contributed by atoms with van der Waals surface area (Å²) in [6, 6.07) is 7.89. The van der Waals surface area contributed by atoms with Crippen LogP contribution in [-0.4, -0.2) is 17.1 Å². The minimum absolute atomic E-state index is 0.227. The van der Waals surface area contributed by atoms with Crippen LogP contribution in [-0.2, 0) is 6.42 Å². The van der Waals surface area contributed by atoms with E-state index in [0.717, 1.165) is 34.1 Å². The lowest BCUT2D eigenvalue weighted by atomic mass is 10.1. The van der Waals surface area contributed by atoms with E-state index in [1.165, 1.54) is 12.1 Å². The molecule has 0 unspecified atom stereocenters. The molecule has 25 heavy (non-hydrogen) atoms. The third-order valence-corrected chi connectivity index (χ3v) is 4.98. The first-order valence-electron chi connectivity index (χ1n) is 7.56. The summed E-state index contributed by atoms with van der Waals surface area (Å²) in [5.41, 5.74) is 2.50. The maximum atomic E-state index is 12.5. The van der Waals surface area contributed by atoms with Gasteiger partial charge in [0.15, 0.2) is 0 Å². The van der Waals surface area contributed by atoms with Gasteiger partial charge in [-0.25, -0.2) is 4.98 Å². The number of alkyl halides is 3. The molecule has 2 aromatic heterocycles. The highest BCUT2D eigenvalue weighted by atomic mass is 32.2. The molecule has 0 saturated carbocycles. The van der Waals surface area contributed by atoms with Gasteiger partial charge in [0, 0.05) is 16.0 Å². The Balaban J connectivity index is 1.78. The Morgan fingerprint density at radius 1 is 1.20 bits per heavy atom. The maximum Gasteiger partial charge on any atom is 0.573 e.